The molecule has 0 aromatic heterocycles. The fourth-order valence-electron chi connectivity index (χ4n) is 2.21. The zero-order valence-corrected chi connectivity index (χ0v) is 13.0. The molecule has 1 aliphatic rings. The van der Waals surface area contributed by atoms with E-state index < -0.39 is 30.7 Å². The lowest BCUT2D eigenvalue weighted by Gasteiger charge is -2.33. The Hall–Kier alpha value is -1.70. The van der Waals surface area contributed by atoms with Crippen molar-refractivity contribution in [1.29, 1.82) is 0 Å². The molecule has 0 bridgehead atoms. The third-order valence-corrected chi connectivity index (χ3v) is 3.72. The molecule has 1 aromatic rings. The van der Waals surface area contributed by atoms with Gasteiger partial charge in [0.2, 0.25) is 0 Å². The van der Waals surface area contributed by atoms with E-state index in [1.807, 2.05) is 0 Å². The predicted octanol–water partition coefficient (Wildman–Crippen LogP) is 4.10. The topological polar surface area (TPSA) is 21.3 Å². The number of thiocarbonyl (C=S) groups is 1. The van der Waals surface area contributed by atoms with Crippen molar-refractivity contribution in [3.63, 3.8) is 0 Å². The number of alkyl halides is 5. The summed E-state index contributed by atoms with van der Waals surface area (Å²) in [5, 5.41) is 2.78. The highest BCUT2D eigenvalue weighted by Crippen LogP contribution is 2.40. The van der Waals surface area contributed by atoms with Gasteiger partial charge in [-0.25, -0.2) is 8.78 Å². The Labute approximate surface area is 135 Å². The number of hydrogen-bond donors (Lipinski definition) is 1. The fraction of sp³-hybridized carbons (Fsp3) is 0.400. The molecular formula is C15H14F5NOS. The van der Waals surface area contributed by atoms with Gasteiger partial charge in [0, 0.05) is 17.7 Å². The average Bonchev–Trinajstić information content (AvgIpc) is 2.52. The molecule has 0 aliphatic carbocycles. The number of nitrogens with one attached hydrogen (secondary N) is 1. The van der Waals surface area contributed by atoms with Crippen molar-refractivity contribution in [2.45, 2.75) is 18.7 Å². The van der Waals surface area contributed by atoms with E-state index in [9.17, 15) is 22.0 Å². The zero-order valence-electron chi connectivity index (χ0n) is 12.1. The summed E-state index contributed by atoms with van der Waals surface area (Å²) in [7, 11) is 0. The summed E-state index contributed by atoms with van der Waals surface area (Å²) < 4.78 is 70.5. The van der Waals surface area contributed by atoms with Crippen LogP contribution in [0, 0.1) is 0 Å². The third-order valence-electron chi connectivity index (χ3n) is 3.35. The second-order valence-corrected chi connectivity index (χ2v) is 5.47. The SMILES string of the molecule is CCNC(=S)C1=CC(CF)(CF)Oc2ccc(C(F)(F)F)cc21. The first kappa shape index (κ1) is 17.7. The fourth-order valence-corrected chi connectivity index (χ4v) is 2.52. The Morgan fingerprint density at radius 2 is 1.91 bits per heavy atom. The smallest absolute Gasteiger partial charge is 0.416 e. The zero-order chi connectivity index (χ0) is 17.3. The van der Waals surface area contributed by atoms with Gasteiger partial charge in [0.05, 0.1) is 5.56 Å². The van der Waals surface area contributed by atoms with Gasteiger partial charge in [0.15, 0.2) is 5.60 Å². The largest absolute Gasteiger partial charge is 0.477 e. The summed E-state index contributed by atoms with van der Waals surface area (Å²) in [5.41, 5.74) is -2.58. The van der Waals surface area contributed by atoms with Crippen LogP contribution in [0.25, 0.3) is 5.57 Å². The maximum atomic E-state index is 13.3. The van der Waals surface area contributed by atoms with Crippen LogP contribution in [0.5, 0.6) is 5.75 Å². The lowest BCUT2D eigenvalue weighted by Crippen LogP contribution is -2.42. The van der Waals surface area contributed by atoms with E-state index in [1.165, 1.54) is 0 Å². The molecule has 2 nitrogen and oxygen atoms in total. The van der Waals surface area contributed by atoms with Crippen molar-refractivity contribution in [3.8, 4) is 5.75 Å². The van der Waals surface area contributed by atoms with Crippen molar-refractivity contribution in [2.75, 3.05) is 19.9 Å². The molecule has 0 unspecified atom stereocenters. The molecule has 1 N–H and O–H groups in total. The molecule has 126 valence electrons. The second-order valence-electron chi connectivity index (χ2n) is 5.06. The summed E-state index contributed by atoms with van der Waals surface area (Å²) in [6.45, 7) is -0.162. The van der Waals surface area contributed by atoms with E-state index in [-0.39, 0.29) is 21.9 Å². The van der Waals surface area contributed by atoms with Gasteiger partial charge in [0.1, 0.15) is 24.1 Å². The summed E-state index contributed by atoms with van der Waals surface area (Å²) in [4.78, 5) is 0.114. The normalized spacial score (nSPS) is 16.2. The molecule has 1 aromatic carbocycles. The molecule has 23 heavy (non-hydrogen) atoms. The second kappa shape index (κ2) is 6.43. The van der Waals surface area contributed by atoms with Gasteiger partial charge < -0.3 is 10.1 Å². The first-order valence-electron chi connectivity index (χ1n) is 6.80. The van der Waals surface area contributed by atoms with Crippen LogP contribution in [-0.4, -0.2) is 30.5 Å². The Balaban J connectivity index is 2.60. The number of ether oxygens (including phenoxy) is 1. The number of hydrogen-bond acceptors (Lipinski definition) is 2. The van der Waals surface area contributed by atoms with E-state index in [2.05, 4.69) is 5.32 Å². The van der Waals surface area contributed by atoms with Crippen LogP contribution in [0.2, 0.25) is 0 Å². The Morgan fingerprint density at radius 1 is 1.26 bits per heavy atom. The molecule has 0 radical (unpaired) electrons. The summed E-state index contributed by atoms with van der Waals surface area (Å²) in [6, 6.07) is 2.73. The van der Waals surface area contributed by atoms with Gasteiger partial charge in [0.25, 0.3) is 0 Å². The molecule has 0 spiro atoms. The van der Waals surface area contributed by atoms with Crippen LogP contribution in [0.15, 0.2) is 24.3 Å². The van der Waals surface area contributed by atoms with Gasteiger partial charge in [-0.2, -0.15) is 13.2 Å². The minimum Gasteiger partial charge on any atom is -0.477 e. The quantitative estimate of drug-likeness (QED) is 0.652. The van der Waals surface area contributed by atoms with Crippen molar-refractivity contribution < 1.29 is 26.7 Å². The van der Waals surface area contributed by atoms with Crippen LogP contribution in [0.1, 0.15) is 18.1 Å². The molecule has 1 heterocycles. The van der Waals surface area contributed by atoms with E-state index in [0.717, 1.165) is 24.3 Å². The van der Waals surface area contributed by atoms with Gasteiger partial charge >= 0.3 is 6.18 Å². The van der Waals surface area contributed by atoms with Crippen molar-refractivity contribution in [2.24, 2.45) is 0 Å². The van der Waals surface area contributed by atoms with Gasteiger partial charge in [-0.05, 0) is 31.2 Å². The summed E-state index contributed by atoms with van der Waals surface area (Å²) >= 11 is 5.12. The molecule has 0 saturated carbocycles. The highest BCUT2D eigenvalue weighted by molar-refractivity contribution is 7.81. The van der Waals surface area contributed by atoms with Crippen LogP contribution < -0.4 is 10.1 Å². The van der Waals surface area contributed by atoms with Gasteiger partial charge in [-0.1, -0.05) is 12.2 Å². The number of rotatable bonds is 4. The van der Waals surface area contributed by atoms with Gasteiger partial charge in [-0.15, -0.1) is 0 Å². The molecule has 0 amide bonds. The van der Waals surface area contributed by atoms with Crippen LogP contribution >= 0.6 is 12.2 Å². The maximum Gasteiger partial charge on any atom is 0.416 e. The molecule has 2 rings (SSSR count). The van der Waals surface area contributed by atoms with Crippen LogP contribution in [-0.2, 0) is 6.18 Å². The standard InChI is InChI=1S/C15H14F5NOS/c1-2-21-13(23)11-6-14(7-16,8-17)22-12-4-3-9(5-10(11)12)15(18,19)20/h3-6H,2,7-8H2,1H3,(H,21,23). The molecule has 8 heteroatoms. The number of benzene rings is 1. The molecule has 1 aliphatic heterocycles. The first-order valence-corrected chi connectivity index (χ1v) is 7.21. The highest BCUT2D eigenvalue weighted by Gasteiger charge is 2.39. The minimum absolute atomic E-state index is 0.0361. The molecule has 0 saturated heterocycles. The van der Waals surface area contributed by atoms with Crippen molar-refractivity contribution in [3.05, 3.63) is 35.4 Å². The Morgan fingerprint density at radius 3 is 2.43 bits per heavy atom. The lowest BCUT2D eigenvalue weighted by molar-refractivity contribution is -0.137. The first-order chi connectivity index (χ1) is 10.8. The van der Waals surface area contributed by atoms with E-state index in [4.69, 9.17) is 17.0 Å². The minimum atomic E-state index is -4.55. The Bertz CT molecular complexity index is 637. The third kappa shape index (κ3) is 3.46. The monoisotopic (exact) mass is 351 g/mol. The van der Waals surface area contributed by atoms with Crippen molar-refractivity contribution in [1.82, 2.24) is 5.32 Å². The predicted molar refractivity (Wildman–Crippen MR) is 81.0 cm³/mol. The summed E-state index contributed by atoms with van der Waals surface area (Å²) in [6.07, 6.45) is -3.44. The van der Waals surface area contributed by atoms with E-state index >= 15 is 0 Å². The van der Waals surface area contributed by atoms with E-state index in [0.29, 0.717) is 6.54 Å². The molecule has 0 fully saturated rings. The number of fused-ring (bicyclic) bond motifs is 1. The van der Waals surface area contributed by atoms with Crippen LogP contribution in [0.4, 0.5) is 22.0 Å². The average molecular weight is 351 g/mol. The maximum absolute atomic E-state index is 13.3. The summed E-state index contributed by atoms with van der Waals surface area (Å²) in [5.74, 6) is -0.0361. The van der Waals surface area contributed by atoms with Crippen LogP contribution in [0.3, 0.4) is 0 Å². The number of halogens is 5. The molecule has 0 atom stereocenters. The Kier molecular flexibility index (Phi) is 4.93. The van der Waals surface area contributed by atoms with Gasteiger partial charge in [-0.3, -0.25) is 0 Å². The lowest BCUT2D eigenvalue weighted by atomic mass is 9.92. The highest BCUT2D eigenvalue weighted by atomic mass is 32.1. The van der Waals surface area contributed by atoms with Crippen molar-refractivity contribution >= 4 is 22.8 Å². The van der Waals surface area contributed by atoms with E-state index in [1.54, 1.807) is 6.92 Å². The number of likely N-dealkylation sites (N-methyl/N-ethyl adjacent to an activating group) is 1. The molecular weight excluding hydrogens is 337 g/mol.